The molecule has 0 spiro atoms. The summed E-state index contributed by atoms with van der Waals surface area (Å²) < 4.78 is 18.8. The van der Waals surface area contributed by atoms with Gasteiger partial charge in [-0.15, -0.1) is 0 Å². The van der Waals surface area contributed by atoms with Crippen LogP contribution in [0.4, 0.5) is 10.1 Å². The van der Waals surface area contributed by atoms with Crippen LogP contribution >= 0.6 is 0 Å². The maximum absolute atomic E-state index is 13.5. The number of halogens is 1. The van der Waals surface area contributed by atoms with E-state index >= 15 is 0 Å². The average Bonchev–Trinajstić information content (AvgIpc) is 2.80. The Balaban J connectivity index is 2.04. The third-order valence-corrected chi connectivity index (χ3v) is 3.33. The third-order valence-electron chi connectivity index (χ3n) is 3.33. The van der Waals surface area contributed by atoms with Gasteiger partial charge in [-0.3, -0.25) is 9.59 Å². The van der Waals surface area contributed by atoms with Gasteiger partial charge >= 0.3 is 0 Å². The maximum Gasteiger partial charge on any atom is 0.262 e. The molecule has 0 aliphatic rings. The highest BCUT2D eigenvalue weighted by Crippen LogP contribution is 2.22. The van der Waals surface area contributed by atoms with E-state index in [9.17, 15) is 14.0 Å². The van der Waals surface area contributed by atoms with Crippen molar-refractivity contribution in [2.75, 3.05) is 5.32 Å². The number of anilines is 1. The number of amides is 1. The molecule has 0 atom stereocenters. The van der Waals surface area contributed by atoms with E-state index in [0.29, 0.717) is 11.3 Å². The number of carbonyl (C=O) groups is 1. The fraction of sp³-hybridized carbons (Fsp3) is 0.133. The monoisotopic (exact) mass is 301 g/mol. The molecule has 0 fully saturated rings. The third kappa shape index (κ3) is 2.26. The summed E-state index contributed by atoms with van der Waals surface area (Å²) in [6.45, 7) is 3.19. The molecule has 1 amide bonds. The van der Waals surface area contributed by atoms with Crippen molar-refractivity contribution in [1.29, 1.82) is 0 Å². The highest BCUT2D eigenvalue weighted by Gasteiger charge is 2.21. The smallest absolute Gasteiger partial charge is 0.262 e. The first-order valence-corrected chi connectivity index (χ1v) is 6.51. The van der Waals surface area contributed by atoms with Crippen LogP contribution < -0.4 is 10.9 Å². The summed E-state index contributed by atoms with van der Waals surface area (Å²) in [7, 11) is 0. The molecule has 3 rings (SSSR count). The van der Waals surface area contributed by atoms with Crippen molar-refractivity contribution >= 4 is 22.7 Å². The number of aromatic amines is 1. The van der Waals surface area contributed by atoms with E-state index in [-0.39, 0.29) is 22.4 Å². The molecule has 2 aromatic heterocycles. The number of hydrogen-bond acceptors (Lipinski definition) is 4. The molecular weight excluding hydrogens is 289 g/mol. The number of nitrogens with zero attached hydrogens (tertiary/aromatic N) is 1. The molecule has 3 aromatic rings. The van der Waals surface area contributed by atoms with Crippen molar-refractivity contribution < 1.29 is 13.6 Å². The van der Waals surface area contributed by atoms with Gasteiger partial charge in [-0.2, -0.15) is 0 Å². The van der Waals surface area contributed by atoms with Gasteiger partial charge < -0.3 is 14.7 Å². The molecule has 2 N–H and O–H groups in total. The second kappa shape index (κ2) is 5.10. The lowest BCUT2D eigenvalue weighted by Gasteiger charge is -2.05. The van der Waals surface area contributed by atoms with Crippen molar-refractivity contribution in [2.45, 2.75) is 13.8 Å². The van der Waals surface area contributed by atoms with Crippen molar-refractivity contribution in [1.82, 2.24) is 9.97 Å². The van der Waals surface area contributed by atoms with E-state index in [1.54, 1.807) is 26.0 Å². The average molecular weight is 301 g/mol. The zero-order valence-corrected chi connectivity index (χ0v) is 11.9. The van der Waals surface area contributed by atoms with Gasteiger partial charge in [0.05, 0.1) is 11.9 Å². The van der Waals surface area contributed by atoms with Crippen LogP contribution in [-0.4, -0.2) is 15.9 Å². The number of hydrogen-bond donors (Lipinski definition) is 2. The number of rotatable bonds is 2. The number of aryl methyl sites for hydroxylation is 2. The molecule has 22 heavy (non-hydrogen) atoms. The van der Waals surface area contributed by atoms with Crippen LogP contribution in [0, 0.1) is 19.7 Å². The zero-order valence-electron chi connectivity index (χ0n) is 11.9. The second-order valence-electron chi connectivity index (χ2n) is 4.86. The predicted octanol–water partition coefficient (Wildman–Crippen LogP) is 2.52. The van der Waals surface area contributed by atoms with Crippen LogP contribution in [0.25, 0.3) is 11.1 Å². The van der Waals surface area contributed by atoms with Crippen LogP contribution in [0.5, 0.6) is 0 Å². The molecule has 0 aliphatic carbocycles. The summed E-state index contributed by atoms with van der Waals surface area (Å²) >= 11 is 0. The van der Waals surface area contributed by atoms with Crippen LogP contribution in [0.3, 0.4) is 0 Å². The van der Waals surface area contributed by atoms with Gasteiger partial charge in [0, 0.05) is 5.69 Å². The number of benzene rings is 1. The largest absolute Gasteiger partial charge is 0.442 e. The Kier molecular flexibility index (Phi) is 3.25. The summed E-state index contributed by atoms with van der Waals surface area (Å²) in [6.07, 6.45) is 1.20. The van der Waals surface area contributed by atoms with Crippen molar-refractivity contribution in [3.05, 3.63) is 57.6 Å². The number of nitrogens with one attached hydrogen (secondary N) is 2. The molecule has 2 heterocycles. The minimum absolute atomic E-state index is 0.0742. The highest BCUT2D eigenvalue weighted by molar-refractivity contribution is 6.12. The Morgan fingerprint density at radius 1 is 1.36 bits per heavy atom. The fourth-order valence-corrected chi connectivity index (χ4v) is 2.19. The van der Waals surface area contributed by atoms with Gasteiger partial charge in [-0.25, -0.2) is 9.37 Å². The molecule has 6 nitrogen and oxygen atoms in total. The minimum atomic E-state index is -0.557. The summed E-state index contributed by atoms with van der Waals surface area (Å²) in [4.78, 5) is 30.5. The van der Waals surface area contributed by atoms with Crippen molar-refractivity contribution in [2.24, 2.45) is 0 Å². The Bertz CT molecular complexity index is 943. The highest BCUT2D eigenvalue weighted by atomic mass is 19.1. The fourth-order valence-electron chi connectivity index (χ4n) is 2.19. The number of fused-ring (bicyclic) bond motifs is 1. The molecular formula is C15H12FN3O3. The SMILES string of the molecule is Cc1ccc(NC(=O)c2c(C)oc3nc[nH]c(=O)c23)cc1F. The second-order valence-corrected chi connectivity index (χ2v) is 4.86. The van der Waals surface area contributed by atoms with E-state index < -0.39 is 17.3 Å². The van der Waals surface area contributed by atoms with E-state index in [1.807, 2.05) is 0 Å². The van der Waals surface area contributed by atoms with E-state index in [4.69, 9.17) is 4.42 Å². The summed E-state index contributed by atoms with van der Waals surface area (Å²) in [6, 6.07) is 4.35. The molecule has 0 saturated carbocycles. The first-order chi connectivity index (χ1) is 10.5. The van der Waals surface area contributed by atoms with Gasteiger partial charge in [0.15, 0.2) is 0 Å². The Morgan fingerprint density at radius 2 is 2.14 bits per heavy atom. The Morgan fingerprint density at radius 3 is 2.86 bits per heavy atom. The molecule has 112 valence electrons. The van der Waals surface area contributed by atoms with Gasteiger partial charge in [0.2, 0.25) is 5.71 Å². The van der Waals surface area contributed by atoms with Crippen LogP contribution in [0.15, 0.2) is 33.7 Å². The summed E-state index contributed by atoms with van der Waals surface area (Å²) in [5, 5.41) is 2.63. The summed E-state index contributed by atoms with van der Waals surface area (Å²) in [5.41, 5.74) is 0.472. The molecule has 0 unspecified atom stereocenters. The Hall–Kier alpha value is -2.96. The van der Waals surface area contributed by atoms with Gasteiger partial charge in [0.1, 0.15) is 17.0 Å². The lowest BCUT2D eigenvalue weighted by atomic mass is 10.1. The topological polar surface area (TPSA) is 88.0 Å². The van der Waals surface area contributed by atoms with Crippen LogP contribution in [0.2, 0.25) is 0 Å². The lowest BCUT2D eigenvalue weighted by Crippen LogP contribution is -2.16. The number of H-pyrrole nitrogens is 1. The van der Waals surface area contributed by atoms with Gasteiger partial charge in [0.25, 0.3) is 11.5 Å². The molecule has 0 saturated heterocycles. The molecule has 0 bridgehead atoms. The standard InChI is InChI=1S/C15H12FN3O3/c1-7-3-4-9(5-10(7)16)19-14(21)11-8(2)22-15-12(11)13(20)17-6-18-15/h3-6H,1-2H3,(H,19,21)(H,17,18,20). The first kappa shape index (κ1) is 14.0. The first-order valence-electron chi connectivity index (χ1n) is 6.51. The van der Waals surface area contributed by atoms with E-state index in [1.165, 1.54) is 12.4 Å². The quantitative estimate of drug-likeness (QED) is 0.761. The normalized spacial score (nSPS) is 10.9. The predicted molar refractivity (Wildman–Crippen MR) is 78.5 cm³/mol. The minimum Gasteiger partial charge on any atom is -0.442 e. The van der Waals surface area contributed by atoms with Crippen LogP contribution in [-0.2, 0) is 0 Å². The molecule has 0 radical (unpaired) electrons. The maximum atomic E-state index is 13.5. The zero-order chi connectivity index (χ0) is 15.9. The van der Waals surface area contributed by atoms with E-state index in [0.717, 1.165) is 0 Å². The van der Waals surface area contributed by atoms with E-state index in [2.05, 4.69) is 15.3 Å². The number of furan rings is 1. The Labute approximate surface area is 124 Å². The molecule has 0 aliphatic heterocycles. The molecule has 7 heteroatoms. The number of carbonyl (C=O) groups excluding carboxylic acids is 1. The van der Waals surface area contributed by atoms with Crippen molar-refractivity contribution in [3.63, 3.8) is 0 Å². The van der Waals surface area contributed by atoms with Crippen LogP contribution in [0.1, 0.15) is 21.7 Å². The molecule has 1 aromatic carbocycles. The summed E-state index contributed by atoms with van der Waals surface area (Å²) in [5.74, 6) is -0.714. The lowest BCUT2D eigenvalue weighted by molar-refractivity contribution is 0.102. The van der Waals surface area contributed by atoms with Crippen molar-refractivity contribution in [3.8, 4) is 0 Å². The van der Waals surface area contributed by atoms with Gasteiger partial charge in [-0.05, 0) is 31.5 Å². The number of aromatic nitrogens is 2. The van der Waals surface area contributed by atoms with Gasteiger partial charge in [-0.1, -0.05) is 6.07 Å².